The van der Waals surface area contributed by atoms with E-state index in [2.05, 4.69) is 5.32 Å². The molecule has 1 saturated heterocycles. The van der Waals surface area contributed by atoms with Gasteiger partial charge < -0.3 is 20.6 Å². The lowest BCUT2D eigenvalue weighted by atomic mass is 9.97. The molecule has 2 atom stereocenters. The summed E-state index contributed by atoms with van der Waals surface area (Å²) in [6, 6.07) is 0.693. The van der Waals surface area contributed by atoms with Crippen LogP contribution in [0.2, 0.25) is 0 Å². The van der Waals surface area contributed by atoms with E-state index in [1.807, 2.05) is 0 Å². The maximum absolute atomic E-state index is 12.7. The first-order chi connectivity index (χ1) is 9.20. The minimum Gasteiger partial charge on any atom is -0.508 e. The Labute approximate surface area is 111 Å². The van der Waals surface area contributed by atoms with Crippen molar-refractivity contribution >= 4 is 5.97 Å². The summed E-state index contributed by atoms with van der Waals surface area (Å²) in [7, 11) is 0. The Hall–Kier alpha value is -1.96. The molecule has 0 aromatic heterocycles. The van der Waals surface area contributed by atoms with Gasteiger partial charge in [-0.1, -0.05) is 0 Å². The quantitative estimate of drug-likeness (QED) is 0.624. The Morgan fingerprint density at radius 2 is 1.95 bits per heavy atom. The zero-order valence-corrected chi connectivity index (χ0v) is 10.1. The van der Waals surface area contributed by atoms with Crippen LogP contribution in [0.1, 0.15) is 23.6 Å². The van der Waals surface area contributed by atoms with Crippen LogP contribution in [-0.4, -0.2) is 27.8 Å². The molecule has 0 amide bonds. The number of benzene rings is 1. The Balaban J connectivity index is 2.38. The Morgan fingerprint density at radius 3 is 2.45 bits per heavy atom. The average Bonchev–Trinajstić information content (AvgIpc) is 2.79. The summed E-state index contributed by atoms with van der Waals surface area (Å²) in [6.45, 7) is 0.0937. The number of halogens is 3. The third kappa shape index (κ3) is 2.64. The lowest BCUT2D eigenvalue weighted by Gasteiger charge is -2.17. The smallest absolute Gasteiger partial charge is 0.420 e. The fourth-order valence-corrected chi connectivity index (χ4v) is 2.28. The predicted molar refractivity (Wildman–Crippen MR) is 61.3 cm³/mol. The number of rotatable bonds is 2. The van der Waals surface area contributed by atoms with Gasteiger partial charge in [-0.2, -0.15) is 13.2 Å². The molecule has 4 N–H and O–H groups in total. The van der Waals surface area contributed by atoms with Crippen molar-refractivity contribution in [2.45, 2.75) is 18.6 Å². The number of carboxylic acid groups (broad SMARTS) is 1. The number of phenols is 2. The van der Waals surface area contributed by atoms with E-state index in [0.717, 1.165) is 6.07 Å². The largest absolute Gasteiger partial charge is 0.508 e. The van der Waals surface area contributed by atoms with Crippen LogP contribution in [-0.2, 0) is 11.0 Å². The second-order valence-corrected chi connectivity index (χ2v) is 4.66. The standard InChI is InChI=1S/C12H12F3NO4/c13-12(14,15)8-3-6(17)2-7(10(8)18)9-1-5(4-16-9)11(19)20/h2-3,5,9,16-18H,1,4H2,(H,19,20). The Kier molecular flexibility index (Phi) is 3.51. The topological polar surface area (TPSA) is 89.8 Å². The summed E-state index contributed by atoms with van der Waals surface area (Å²) >= 11 is 0. The minimum absolute atomic E-state index is 0.0453. The van der Waals surface area contributed by atoms with Crippen molar-refractivity contribution < 1.29 is 33.3 Å². The third-order valence-corrected chi connectivity index (χ3v) is 3.29. The molecular formula is C12H12F3NO4. The molecule has 0 bridgehead atoms. The van der Waals surface area contributed by atoms with Crippen LogP contribution in [0.25, 0.3) is 0 Å². The first-order valence-electron chi connectivity index (χ1n) is 5.79. The molecule has 0 spiro atoms. The first-order valence-corrected chi connectivity index (χ1v) is 5.79. The lowest BCUT2D eigenvalue weighted by molar-refractivity contribution is -0.141. The van der Waals surface area contributed by atoms with Crippen molar-refractivity contribution in [1.29, 1.82) is 0 Å². The number of hydrogen-bond acceptors (Lipinski definition) is 4. The molecule has 1 aromatic rings. The van der Waals surface area contributed by atoms with Gasteiger partial charge in [0, 0.05) is 18.2 Å². The second-order valence-electron chi connectivity index (χ2n) is 4.66. The Bertz CT molecular complexity index is 544. The predicted octanol–water partition coefficient (Wildman–Crippen LogP) is 1.85. The van der Waals surface area contributed by atoms with Crippen molar-refractivity contribution in [3.63, 3.8) is 0 Å². The van der Waals surface area contributed by atoms with E-state index >= 15 is 0 Å². The van der Waals surface area contributed by atoms with Gasteiger partial charge in [0.05, 0.1) is 5.92 Å². The van der Waals surface area contributed by atoms with Gasteiger partial charge in [-0.25, -0.2) is 0 Å². The molecule has 1 fully saturated rings. The maximum Gasteiger partial charge on any atom is 0.420 e. The van der Waals surface area contributed by atoms with E-state index in [-0.39, 0.29) is 18.5 Å². The number of alkyl halides is 3. The fraction of sp³-hybridized carbons (Fsp3) is 0.417. The molecule has 0 saturated carbocycles. The van der Waals surface area contributed by atoms with Gasteiger partial charge in [-0.3, -0.25) is 4.79 Å². The number of hydrogen-bond donors (Lipinski definition) is 4. The highest BCUT2D eigenvalue weighted by Gasteiger charge is 2.38. The van der Waals surface area contributed by atoms with Crippen molar-refractivity contribution in [2.24, 2.45) is 5.92 Å². The number of nitrogens with one attached hydrogen (secondary N) is 1. The monoisotopic (exact) mass is 291 g/mol. The SMILES string of the molecule is O=C(O)C1CNC(c2cc(O)cc(C(F)(F)F)c2O)C1. The molecule has 5 nitrogen and oxygen atoms in total. The zero-order valence-electron chi connectivity index (χ0n) is 10.1. The van der Waals surface area contributed by atoms with Crippen LogP contribution in [0.3, 0.4) is 0 Å². The van der Waals surface area contributed by atoms with Crippen LogP contribution < -0.4 is 5.32 Å². The molecule has 8 heteroatoms. The summed E-state index contributed by atoms with van der Waals surface area (Å²) < 4.78 is 38.1. The molecule has 1 heterocycles. The van der Waals surface area contributed by atoms with Crippen molar-refractivity contribution in [1.82, 2.24) is 5.32 Å². The second kappa shape index (κ2) is 4.86. The van der Waals surface area contributed by atoms with Crippen LogP contribution >= 0.6 is 0 Å². The fourth-order valence-electron chi connectivity index (χ4n) is 2.28. The van der Waals surface area contributed by atoms with Crippen LogP contribution in [0.15, 0.2) is 12.1 Å². The van der Waals surface area contributed by atoms with Gasteiger partial charge in [0.1, 0.15) is 17.1 Å². The highest BCUT2D eigenvalue weighted by molar-refractivity contribution is 5.71. The van der Waals surface area contributed by atoms with Gasteiger partial charge in [-0.05, 0) is 18.6 Å². The minimum atomic E-state index is -4.80. The third-order valence-electron chi connectivity index (χ3n) is 3.29. The number of aliphatic carboxylic acids is 1. The number of carbonyl (C=O) groups is 1. The van der Waals surface area contributed by atoms with Crippen molar-refractivity contribution in [3.05, 3.63) is 23.3 Å². The highest BCUT2D eigenvalue weighted by atomic mass is 19.4. The van der Waals surface area contributed by atoms with Crippen molar-refractivity contribution in [2.75, 3.05) is 6.54 Å². The molecule has 20 heavy (non-hydrogen) atoms. The molecular weight excluding hydrogens is 279 g/mol. The van der Waals surface area contributed by atoms with E-state index in [1.165, 1.54) is 0 Å². The van der Waals surface area contributed by atoms with Gasteiger partial charge in [-0.15, -0.1) is 0 Å². The lowest BCUT2D eigenvalue weighted by Crippen LogP contribution is -2.17. The van der Waals surface area contributed by atoms with Gasteiger partial charge in [0.25, 0.3) is 0 Å². The van der Waals surface area contributed by atoms with E-state index in [4.69, 9.17) is 5.11 Å². The number of carboxylic acids is 1. The van der Waals surface area contributed by atoms with Crippen molar-refractivity contribution in [3.8, 4) is 11.5 Å². The average molecular weight is 291 g/mol. The maximum atomic E-state index is 12.7. The van der Waals surface area contributed by atoms with Crippen LogP contribution in [0.4, 0.5) is 13.2 Å². The highest BCUT2D eigenvalue weighted by Crippen LogP contribution is 2.43. The zero-order chi connectivity index (χ0) is 15.1. The molecule has 2 rings (SSSR count). The summed E-state index contributed by atoms with van der Waals surface area (Å²) in [6.07, 6.45) is -4.76. The van der Waals surface area contributed by atoms with E-state index < -0.39 is 41.2 Å². The van der Waals surface area contributed by atoms with E-state index in [1.54, 1.807) is 0 Å². The Morgan fingerprint density at radius 1 is 1.30 bits per heavy atom. The summed E-state index contributed by atoms with van der Waals surface area (Å²) in [5, 5.41) is 30.7. The summed E-state index contributed by atoms with van der Waals surface area (Å²) in [5.41, 5.74) is -1.49. The van der Waals surface area contributed by atoms with Gasteiger partial charge in [0.15, 0.2) is 0 Å². The molecule has 0 aliphatic carbocycles. The molecule has 110 valence electrons. The van der Waals surface area contributed by atoms with Gasteiger partial charge >= 0.3 is 12.1 Å². The molecule has 1 aliphatic heterocycles. The first kappa shape index (κ1) is 14.4. The summed E-state index contributed by atoms with van der Waals surface area (Å²) in [5.74, 6) is -3.42. The van der Waals surface area contributed by atoms with E-state index in [9.17, 15) is 28.2 Å². The molecule has 1 aliphatic rings. The number of phenolic OH excluding ortho intramolecular Hbond substituents is 2. The van der Waals surface area contributed by atoms with Crippen LogP contribution in [0.5, 0.6) is 11.5 Å². The summed E-state index contributed by atoms with van der Waals surface area (Å²) in [4.78, 5) is 10.8. The van der Waals surface area contributed by atoms with Crippen LogP contribution in [0, 0.1) is 5.92 Å². The van der Waals surface area contributed by atoms with Gasteiger partial charge in [0.2, 0.25) is 0 Å². The number of aromatic hydroxyl groups is 2. The molecule has 2 unspecified atom stereocenters. The normalized spacial score (nSPS) is 22.9. The van der Waals surface area contributed by atoms with E-state index in [0.29, 0.717) is 6.07 Å². The molecule has 1 aromatic carbocycles. The molecule has 0 radical (unpaired) electrons.